The normalized spacial score (nSPS) is 22.9. The van der Waals surface area contributed by atoms with Gasteiger partial charge in [-0.15, -0.1) is 0 Å². The van der Waals surface area contributed by atoms with E-state index in [2.05, 4.69) is 29.3 Å². The Bertz CT molecular complexity index is 289. The molecule has 0 spiro atoms. The Hall–Kier alpha value is -0.900. The smallest absolute Gasteiger partial charge is 0.229 e. The molecule has 0 unspecified atom stereocenters. The Labute approximate surface area is 84.1 Å². The first kappa shape index (κ1) is 9.65. The molecule has 0 saturated carbocycles. The van der Waals surface area contributed by atoms with E-state index < -0.39 is 0 Å². The van der Waals surface area contributed by atoms with Crippen molar-refractivity contribution in [1.29, 1.82) is 0 Å². The first-order valence-corrected chi connectivity index (χ1v) is 5.31. The van der Waals surface area contributed by atoms with E-state index >= 15 is 0 Å². The summed E-state index contributed by atoms with van der Waals surface area (Å²) in [6, 6.07) is 0. The van der Waals surface area contributed by atoms with Crippen LogP contribution in [0.4, 0.5) is 0 Å². The Morgan fingerprint density at radius 1 is 1.50 bits per heavy atom. The van der Waals surface area contributed by atoms with Crippen molar-refractivity contribution in [3.8, 4) is 0 Å². The fraction of sp³-hybridized carbons (Fsp3) is 0.800. The van der Waals surface area contributed by atoms with Gasteiger partial charge in [0.05, 0.1) is 0 Å². The first-order valence-electron chi connectivity index (χ1n) is 5.31. The average molecular weight is 195 g/mol. The summed E-state index contributed by atoms with van der Waals surface area (Å²) in [4.78, 5) is 4.42. The number of rotatable bonds is 2. The van der Waals surface area contributed by atoms with Gasteiger partial charge in [0.1, 0.15) is 0 Å². The standard InChI is InChI=1S/C10H17N3O/c1-7(2)10-12-9(13-14-10)8-4-3-5-11-6-8/h7-8,11H,3-6H2,1-2H3/t8-/m1/s1. The molecule has 0 aromatic carbocycles. The van der Waals surface area contributed by atoms with Crippen LogP contribution in [0.5, 0.6) is 0 Å². The molecule has 1 aliphatic heterocycles. The van der Waals surface area contributed by atoms with Gasteiger partial charge in [-0.05, 0) is 19.4 Å². The van der Waals surface area contributed by atoms with Crippen LogP contribution in [0.3, 0.4) is 0 Å². The lowest BCUT2D eigenvalue weighted by Crippen LogP contribution is -2.28. The predicted octanol–water partition coefficient (Wildman–Crippen LogP) is 1.66. The molecule has 1 aliphatic rings. The Kier molecular flexibility index (Phi) is 2.82. The van der Waals surface area contributed by atoms with Gasteiger partial charge < -0.3 is 9.84 Å². The third-order valence-electron chi connectivity index (χ3n) is 2.61. The topological polar surface area (TPSA) is 51.0 Å². The molecule has 1 saturated heterocycles. The first-order chi connectivity index (χ1) is 6.77. The van der Waals surface area contributed by atoms with Gasteiger partial charge in [-0.2, -0.15) is 4.98 Å². The monoisotopic (exact) mass is 195 g/mol. The van der Waals surface area contributed by atoms with Crippen molar-refractivity contribution in [2.75, 3.05) is 13.1 Å². The molecule has 1 aromatic rings. The minimum atomic E-state index is 0.327. The van der Waals surface area contributed by atoms with Crippen molar-refractivity contribution in [2.45, 2.75) is 38.5 Å². The second-order valence-electron chi connectivity index (χ2n) is 4.19. The van der Waals surface area contributed by atoms with E-state index in [1.165, 1.54) is 12.8 Å². The van der Waals surface area contributed by atoms with Crippen LogP contribution in [0.1, 0.15) is 50.2 Å². The number of nitrogens with zero attached hydrogens (tertiary/aromatic N) is 2. The third kappa shape index (κ3) is 1.95. The van der Waals surface area contributed by atoms with Crippen LogP contribution in [0.15, 0.2) is 4.52 Å². The summed E-state index contributed by atoms with van der Waals surface area (Å²) in [5, 5.41) is 7.39. The van der Waals surface area contributed by atoms with Crippen LogP contribution in [-0.4, -0.2) is 23.2 Å². The molecule has 1 fully saturated rings. The molecule has 0 amide bonds. The van der Waals surface area contributed by atoms with Crippen LogP contribution >= 0.6 is 0 Å². The highest BCUT2D eigenvalue weighted by Gasteiger charge is 2.21. The van der Waals surface area contributed by atoms with Crippen molar-refractivity contribution < 1.29 is 4.52 Å². The molecule has 0 radical (unpaired) electrons. The maximum Gasteiger partial charge on any atom is 0.229 e. The highest BCUT2D eigenvalue weighted by molar-refractivity contribution is 4.99. The highest BCUT2D eigenvalue weighted by atomic mass is 16.5. The minimum absolute atomic E-state index is 0.327. The second-order valence-corrected chi connectivity index (χ2v) is 4.19. The van der Waals surface area contributed by atoms with Crippen molar-refractivity contribution in [3.05, 3.63) is 11.7 Å². The van der Waals surface area contributed by atoms with Gasteiger partial charge in [-0.1, -0.05) is 19.0 Å². The largest absolute Gasteiger partial charge is 0.339 e. The number of aromatic nitrogens is 2. The summed E-state index contributed by atoms with van der Waals surface area (Å²) in [5.41, 5.74) is 0. The lowest BCUT2D eigenvalue weighted by molar-refractivity contribution is 0.351. The molecule has 14 heavy (non-hydrogen) atoms. The minimum Gasteiger partial charge on any atom is -0.339 e. The molecule has 4 heteroatoms. The molecule has 4 nitrogen and oxygen atoms in total. The summed E-state index contributed by atoms with van der Waals surface area (Å²) < 4.78 is 5.19. The molecule has 1 aromatic heterocycles. The Balaban J connectivity index is 2.07. The highest BCUT2D eigenvalue weighted by Crippen LogP contribution is 2.22. The fourth-order valence-electron chi connectivity index (χ4n) is 1.72. The van der Waals surface area contributed by atoms with Crippen LogP contribution in [0, 0.1) is 0 Å². The van der Waals surface area contributed by atoms with Gasteiger partial charge in [0.15, 0.2) is 5.82 Å². The molecule has 78 valence electrons. The zero-order valence-electron chi connectivity index (χ0n) is 8.79. The zero-order valence-corrected chi connectivity index (χ0v) is 8.79. The molecule has 2 rings (SSSR count). The molecule has 0 bridgehead atoms. The maximum atomic E-state index is 5.19. The van der Waals surface area contributed by atoms with Gasteiger partial charge in [0, 0.05) is 18.4 Å². The Morgan fingerprint density at radius 3 is 2.93 bits per heavy atom. The maximum absolute atomic E-state index is 5.19. The van der Waals surface area contributed by atoms with E-state index in [-0.39, 0.29) is 0 Å². The number of hydrogen-bond acceptors (Lipinski definition) is 4. The lowest BCUT2D eigenvalue weighted by atomic mass is 9.99. The van der Waals surface area contributed by atoms with Crippen molar-refractivity contribution >= 4 is 0 Å². The van der Waals surface area contributed by atoms with Crippen LogP contribution in [0.25, 0.3) is 0 Å². The molecular formula is C10H17N3O. The number of hydrogen-bond donors (Lipinski definition) is 1. The lowest BCUT2D eigenvalue weighted by Gasteiger charge is -2.19. The molecule has 0 aliphatic carbocycles. The molecule has 2 heterocycles. The zero-order chi connectivity index (χ0) is 9.97. The van der Waals surface area contributed by atoms with E-state index in [4.69, 9.17) is 4.52 Å². The van der Waals surface area contributed by atoms with E-state index in [9.17, 15) is 0 Å². The summed E-state index contributed by atoms with van der Waals surface area (Å²) in [6.45, 7) is 6.23. The van der Waals surface area contributed by atoms with E-state index in [0.29, 0.717) is 11.8 Å². The fourth-order valence-corrected chi connectivity index (χ4v) is 1.72. The summed E-state index contributed by atoms with van der Waals surface area (Å²) in [7, 11) is 0. The van der Waals surface area contributed by atoms with Gasteiger partial charge in [-0.25, -0.2) is 0 Å². The van der Waals surface area contributed by atoms with Crippen LogP contribution in [0.2, 0.25) is 0 Å². The number of nitrogens with one attached hydrogen (secondary N) is 1. The molecular weight excluding hydrogens is 178 g/mol. The average Bonchev–Trinajstić information content (AvgIpc) is 2.68. The predicted molar refractivity (Wildman–Crippen MR) is 53.2 cm³/mol. The SMILES string of the molecule is CC(C)c1nc([C@@H]2CCCNC2)no1. The van der Waals surface area contributed by atoms with Crippen molar-refractivity contribution in [2.24, 2.45) is 0 Å². The van der Waals surface area contributed by atoms with Crippen molar-refractivity contribution in [1.82, 2.24) is 15.5 Å². The molecule has 1 atom stereocenters. The quantitative estimate of drug-likeness (QED) is 0.779. The van der Waals surface area contributed by atoms with Gasteiger partial charge in [0.2, 0.25) is 5.89 Å². The van der Waals surface area contributed by atoms with Gasteiger partial charge >= 0.3 is 0 Å². The Morgan fingerprint density at radius 2 is 2.36 bits per heavy atom. The second kappa shape index (κ2) is 4.09. The van der Waals surface area contributed by atoms with Crippen LogP contribution in [-0.2, 0) is 0 Å². The van der Waals surface area contributed by atoms with Crippen LogP contribution < -0.4 is 5.32 Å². The van der Waals surface area contributed by atoms with E-state index in [1.54, 1.807) is 0 Å². The molecule has 1 N–H and O–H groups in total. The summed E-state index contributed by atoms with van der Waals surface area (Å²) in [6.07, 6.45) is 2.38. The third-order valence-corrected chi connectivity index (χ3v) is 2.61. The summed E-state index contributed by atoms with van der Waals surface area (Å²) in [5.74, 6) is 2.40. The van der Waals surface area contributed by atoms with E-state index in [0.717, 1.165) is 24.8 Å². The van der Waals surface area contributed by atoms with Gasteiger partial charge in [-0.3, -0.25) is 0 Å². The van der Waals surface area contributed by atoms with E-state index in [1.807, 2.05) is 0 Å². The number of piperidine rings is 1. The van der Waals surface area contributed by atoms with Crippen molar-refractivity contribution in [3.63, 3.8) is 0 Å². The summed E-state index contributed by atoms with van der Waals surface area (Å²) >= 11 is 0. The van der Waals surface area contributed by atoms with Gasteiger partial charge in [0.25, 0.3) is 0 Å².